The van der Waals surface area contributed by atoms with Crippen molar-refractivity contribution in [2.75, 3.05) is 45.9 Å². The lowest BCUT2D eigenvalue weighted by atomic mass is 9.88. The van der Waals surface area contributed by atoms with Crippen molar-refractivity contribution in [2.45, 2.75) is 33.7 Å². The highest BCUT2D eigenvalue weighted by molar-refractivity contribution is 6.27. The van der Waals surface area contributed by atoms with Gasteiger partial charge in [0.15, 0.2) is 0 Å². The summed E-state index contributed by atoms with van der Waals surface area (Å²) in [5, 5.41) is 0. The summed E-state index contributed by atoms with van der Waals surface area (Å²) >= 11 is 0. The van der Waals surface area contributed by atoms with Crippen molar-refractivity contribution in [1.82, 2.24) is 14.7 Å². The van der Waals surface area contributed by atoms with Crippen LogP contribution in [0.2, 0.25) is 0 Å². The van der Waals surface area contributed by atoms with E-state index in [1.54, 1.807) is 24.3 Å². The maximum atomic E-state index is 13.5. The maximum Gasteiger partial charge on any atom is 0.241 e. The van der Waals surface area contributed by atoms with Gasteiger partial charge in [-0.25, -0.2) is 0 Å². The minimum absolute atomic E-state index is 0.00932. The number of carbonyl (C=O) groups is 3. The van der Waals surface area contributed by atoms with Gasteiger partial charge in [-0.1, -0.05) is 24.3 Å². The van der Waals surface area contributed by atoms with E-state index in [1.807, 2.05) is 37.5 Å². The summed E-state index contributed by atoms with van der Waals surface area (Å²) in [6.07, 6.45) is 0. The first-order valence-electron chi connectivity index (χ1n) is 10.7. The van der Waals surface area contributed by atoms with Gasteiger partial charge in [0.05, 0.1) is 19.8 Å². The molecule has 0 aromatic heterocycles. The number of benzene rings is 1. The third-order valence-electron chi connectivity index (χ3n) is 5.67. The monoisotopic (exact) mass is 413 g/mol. The largest absolute Gasteiger partial charge is 0.379 e. The van der Waals surface area contributed by atoms with Crippen molar-refractivity contribution >= 4 is 17.5 Å². The third kappa shape index (κ3) is 4.18. The highest BCUT2D eigenvalue weighted by atomic mass is 16.5. The van der Waals surface area contributed by atoms with Crippen LogP contribution in [0.15, 0.2) is 35.7 Å². The number of nitrogens with zero attached hydrogens (tertiary/aromatic N) is 3. The predicted octanol–water partition coefficient (Wildman–Crippen LogP) is 2.19. The number of carbonyl (C=O) groups excluding carboxylic acids is 3. The molecule has 1 saturated heterocycles. The van der Waals surface area contributed by atoms with Crippen LogP contribution in [0.5, 0.6) is 0 Å². The van der Waals surface area contributed by atoms with Gasteiger partial charge in [0.1, 0.15) is 11.4 Å². The molecule has 1 aromatic carbocycles. The molecule has 3 rings (SSSR count). The lowest BCUT2D eigenvalue weighted by Gasteiger charge is -2.37. The minimum Gasteiger partial charge on any atom is -0.379 e. The summed E-state index contributed by atoms with van der Waals surface area (Å²) in [5.74, 6) is -0.642. The third-order valence-corrected chi connectivity index (χ3v) is 5.67. The lowest BCUT2D eigenvalue weighted by molar-refractivity contribution is -0.131. The summed E-state index contributed by atoms with van der Waals surface area (Å²) in [5.41, 5.74) is 1.29. The highest BCUT2D eigenvalue weighted by Crippen LogP contribution is 2.31. The van der Waals surface area contributed by atoms with E-state index in [0.29, 0.717) is 56.2 Å². The van der Waals surface area contributed by atoms with Crippen LogP contribution >= 0.6 is 0 Å². The molecule has 0 radical (unpaired) electrons. The Morgan fingerprint density at radius 1 is 1.00 bits per heavy atom. The number of Topliss-reactive ketones (excluding diaryl/α,β-unsaturated/α-hetero) is 2. The average molecular weight is 414 g/mol. The number of ketones is 2. The number of fused-ring (bicyclic) bond motifs is 1. The summed E-state index contributed by atoms with van der Waals surface area (Å²) in [4.78, 5) is 45.7. The predicted molar refractivity (Wildman–Crippen MR) is 114 cm³/mol. The Balaban J connectivity index is 2.07. The minimum atomic E-state index is -0.267. The second-order valence-electron chi connectivity index (χ2n) is 7.81. The molecular weight excluding hydrogens is 382 g/mol. The van der Waals surface area contributed by atoms with Gasteiger partial charge >= 0.3 is 0 Å². The molecule has 162 valence electrons. The molecule has 0 bridgehead atoms. The molecule has 0 N–H and O–H groups in total. The van der Waals surface area contributed by atoms with Crippen LogP contribution in [0.3, 0.4) is 0 Å². The zero-order valence-corrected chi connectivity index (χ0v) is 18.3. The van der Waals surface area contributed by atoms with Gasteiger partial charge < -0.3 is 14.5 Å². The van der Waals surface area contributed by atoms with E-state index in [1.165, 1.54) is 4.90 Å². The summed E-state index contributed by atoms with van der Waals surface area (Å²) in [6, 6.07) is 6.87. The van der Waals surface area contributed by atoms with E-state index < -0.39 is 0 Å². The second kappa shape index (κ2) is 9.53. The Morgan fingerprint density at radius 2 is 1.57 bits per heavy atom. The van der Waals surface area contributed by atoms with Gasteiger partial charge in [0.2, 0.25) is 17.5 Å². The van der Waals surface area contributed by atoms with Crippen LogP contribution in [-0.4, -0.2) is 84.2 Å². The van der Waals surface area contributed by atoms with Crippen LogP contribution in [0.1, 0.15) is 48.4 Å². The molecule has 1 fully saturated rings. The van der Waals surface area contributed by atoms with Crippen LogP contribution in [0.25, 0.3) is 0 Å². The molecule has 0 unspecified atom stereocenters. The smallest absolute Gasteiger partial charge is 0.241 e. The van der Waals surface area contributed by atoms with E-state index in [0.717, 1.165) is 0 Å². The van der Waals surface area contributed by atoms with Gasteiger partial charge in [0, 0.05) is 43.3 Å². The molecule has 0 atom stereocenters. The SMILES string of the molecule is CCN(C(=O)CN1CCOCC1)C1=C(N(CC)C(C)C)C(=O)c2ccccc2C1=O. The average Bonchev–Trinajstić information content (AvgIpc) is 2.74. The molecule has 30 heavy (non-hydrogen) atoms. The van der Waals surface area contributed by atoms with Crippen molar-refractivity contribution in [2.24, 2.45) is 0 Å². The lowest BCUT2D eigenvalue weighted by Crippen LogP contribution is -2.48. The van der Waals surface area contributed by atoms with Crippen molar-refractivity contribution < 1.29 is 19.1 Å². The molecule has 0 spiro atoms. The zero-order valence-electron chi connectivity index (χ0n) is 18.3. The molecule has 1 aliphatic heterocycles. The van der Waals surface area contributed by atoms with E-state index in [-0.39, 0.29) is 35.8 Å². The number of morpholine rings is 1. The second-order valence-corrected chi connectivity index (χ2v) is 7.81. The molecule has 1 heterocycles. The number of ether oxygens (including phenoxy) is 1. The maximum absolute atomic E-state index is 13.5. The number of rotatable bonds is 7. The molecule has 1 aromatic rings. The molecule has 1 aliphatic carbocycles. The highest BCUT2D eigenvalue weighted by Gasteiger charge is 2.39. The number of likely N-dealkylation sites (N-methyl/N-ethyl adjacent to an activating group) is 2. The molecule has 7 nitrogen and oxygen atoms in total. The number of hydrogen-bond acceptors (Lipinski definition) is 6. The molecule has 2 aliphatic rings. The fraction of sp³-hybridized carbons (Fsp3) is 0.522. The van der Waals surface area contributed by atoms with Crippen molar-refractivity contribution in [3.63, 3.8) is 0 Å². The van der Waals surface area contributed by atoms with Crippen LogP contribution in [0.4, 0.5) is 0 Å². The van der Waals surface area contributed by atoms with Crippen molar-refractivity contribution in [3.05, 3.63) is 46.8 Å². The number of amides is 1. The first-order chi connectivity index (χ1) is 14.4. The zero-order chi connectivity index (χ0) is 21.8. The Hall–Kier alpha value is -2.51. The van der Waals surface area contributed by atoms with Crippen LogP contribution in [-0.2, 0) is 9.53 Å². The fourth-order valence-corrected chi connectivity index (χ4v) is 4.14. The standard InChI is InChI=1S/C23H31N3O4/c1-5-25(16(3)4)20-21(23(29)18-10-8-7-9-17(18)22(20)28)26(6-2)19(27)15-24-11-13-30-14-12-24/h7-10,16H,5-6,11-15H2,1-4H3. The van der Waals surface area contributed by atoms with Gasteiger partial charge in [0.25, 0.3) is 0 Å². The summed E-state index contributed by atoms with van der Waals surface area (Å²) < 4.78 is 5.36. The van der Waals surface area contributed by atoms with Crippen LogP contribution in [0, 0.1) is 0 Å². The van der Waals surface area contributed by atoms with Gasteiger partial charge in [-0.15, -0.1) is 0 Å². The Kier molecular flexibility index (Phi) is 7.05. The van der Waals surface area contributed by atoms with E-state index in [9.17, 15) is 14.4 Å². The molecular formula is C23H31N3O4. The van der Waals surface area contributed by atoms with Gasteiger partial charge in [-0.05, 0) is 27.7 Å². The Morgan fingerprint density at radius 3 is 2.07 bits per heavy atom. The van der Waals surface area contributed by atoms with E-state index in [2.05, 4.69) is 0 Å². The van der Waals surface area contributed by atoms with E-state index in [4.69, 9.17) is 4.74 Å². The topological polar surface area (TPSA) is 70.2 Å². The fourth-order valence-electron chi connectivity index (χ4n) is 4.14. The Bertz CT molecular complexity index is 856. The number of hydrogen-bond donors (Lipinski definition) is 0. The molecule has 1 amide bonds. The van der Waals surface area contributed by atoms with Crippen LogP contribution < -0.4 is 0 Å². The molecule has 7 heteroatoms. The first kappa shape index (κ1) is 22.2. The Labute approximate surface area is 178 Å². The quantitative estimate of drug-likeness (QED) is 0.683. The summed E-state index contributed by atoms with van der Waals surface area (Å²) in [7, 11) is 0. The summed E-state index contributed by atoms with van der Waals surface area (Å²) in [6.45, 7) is 11.4. The van der Waals surface area contributed by atoms with Crippen molar-refractivity contribution in [1.29, 1.82) is 0 Å². The van der Waals surface area contributed by atoms with Crippen molar-refractivity contribution in [3.8, 4) is 0 Å². The first-order valence-corrected chi connectivity index (χ1v) is 10.7. The van der Waals surface area contributed by atoms with E-state index >= 15 is 0 Å². The number of allylic oxidation sites excluding steroid dienone is 2. The molecule has 0 saturated carbocycles. The normalized spacial score (nSPS) is 17.4. The van der Waals surface area contributed by atoms with Gasteiger partial charge in [-0.2, -0.15) is 0 Å². The van der Waals surface area contributed by atoms with Gasteiger partial charge in [-0.3, -0.25) is 19.3 Å².